The van der Waals surface area contributed by atoms with Crippen LogP contribution in [-0.2, 0) is 11.2 Å². The summed E-state index contributed by atoms with van der Waals surface area (Å²) in [6.07, 6.45) is 3.12. The molecule has 3 rings (SSSR count). The molecule has 0 aliphatic rings. The Balaban J connectivity index is 1.83. The molecule has 0 unspecified atom stereocenters. The Bertz CT molecular complexity index is 923. The molecule has 7 heteroatoms. The van der Waals surface area contributed by atoms with E-state index in [1.54, 1.807) is 36.4 Å². The highest BCUT2D eigenvalue weighted by atomic mass is 35.5. The molecule has 0 bridgehead atoms. The second kappa shape index (κ2) is 7.27. The quantitative estimate of drug-likeness (QED) is 0.686. The second-order valence-corrected chi connectivity index (χ2v) is 5.82. The Morgan fingerprint density at radius 3 is 2.64 bits per heavy atom. The van der Waals surface area contributed by atoms with Gasteiger partial charge in [-0.2, -0.15) is 0 Å². The minimum Gasteiger partial charge on any atom is -0.480 e. The summed E-state index contributed by atoms with van der Waals surface area (Å²) in [6.45, 7) is 0. The van der Waals surface area contributed by atoms with Crippen molar-refractivity contribution in [2.24, 2.45) is 0 Å². The molecule has 6 nitrogen and oxygen atoms in total. The Kier molecular flexibility index (Phi) is 4.90. The molecule has 1 atom stereocenters. The third kappa shape index (κ3) is 3.92. The van der Waals surface area contributed by atoms with Crippen molar-refractivity contribution in [1.82, 2.24) is 15.3 Å². The van der Waals surface area contributed by atoms with Gasteiger partial charge in [0.2, 0.25) is 0 Å². The molecule has 126 valence electrons. The van der Waals surface area contributed by atoms with Gasteiger partial charge in [-0.25, -0.2) is 9.78 Å². The Hall–Kier alpha value is -2.99. The Labute approximate surface area is 148 Å². The SMILES string of the molecule is O=C(N[C@H](Cc1ccc(Cl)nc1)C(=O)O)c1ccnc2ccccc12. The predicted molar refractivity (Wildman–Crippen MR) is 93.6 cm³/mol. The number of aliphatic carboxylic acids is 1. The van der Waals surface area contributed by atoms with Crippen LogP contribution in [0.3, 0.4) is 0 Å². The van der Waals surface area contributed by atoms with Gasteiger partial charge in [0.25, 0.3) is 5.91 Å². The largest absolute Gasteiger partial charge is 0.480 e. The van der Waals surface area contributed by atoms with Gasteiger partial charge >= 0.3 is 5.97 Å². The maximum atomic E-state index is 12.6. The van der Waals surface area contributed by atoms with Crippen molar-refractivity contribution in [3.8, 4) is 0 Å². The molecule has 0 spiro atoms. The van der Waals surface area contributed by atoms with E-state index < -0.39 is 17.9 Å². The fraction of sp³-hybridized carbons (Fsp3) is 0.111. The summed E-state index contributed by atoms with van der Waals surface area (Å²) in [5.41, 5.74) is 1.71. The number of hydrogen-bond donors (Lipinski definition) is 2. The number of aromatic nitrogens is 2. The molecule has 2 heterocycles. The molecule has 0 fully saturated rings. The van der Waals surface area contributed by atoms with Gasteiger partial charge in [-0.05, 0) is 23.8 Å². The highest BCUT2D eigenvalue weighted by molar-refractivity contribution is 6.29. The minimum atomic E-state index is -1.12. The summed E-state index contributed by atoms with van der Waals surface area (Å²) < 4.78 is 0. The third-order valence-corrected chi connectivity index (χ3v) is 3.95. The van der Waals surface area contributed by atoms with Crippen molar-refractivity contribution in [2.45, 2.75) is 12.5 Å². The number of carboxylic acids is 1. The standard InChI is InChI=1S/C18H14ClN3O3/c19-16-6-5-11(10-21-16)9-15(18(24)25)22-17(23)13-7-8-20-14-4-2-1-3-12(13)14/h1-8,10,15H,9H2,(H,22,23)(H,24,25)/t15-/m1/s1. The Morgan fingerprint density at radius 1 is 1.12 bits per heavy atom. The molecule has 3 aromatic rings. The summed E-state index contributed by atoms with van der Waals surface area (Å²) in [5, 5.41) is 13.0. The molecule has 2 aromatic heterocycles. The van der Waals surface area contributed by atoms with Gasteiger partial charge in [-0.1, -0.05) is 35.9 Å². The molecule has 2 N–H and O–H groups in total. The number of nitrogens with one attached hydrogen (secondary N) is 1. The van der Waals surface area contributed by atoms with Gasteiger partial charge in [0, 0.05) is 24.2 Å². The molecule has 0 aliphatic heterocycles. The zero-order chi connectivity index (χ0) is 17.8. The monoisotopic (exact) mass is 355 g/mol. The number of carbonyl (C=O) groups excluding carboxylic acids is 1. The van der Waals surface area contributed by atoms with Crippen molar-refractivity contribution in [1.29, 1.82) is 0 Å². The molecule has 25 heavy (non-hydrogen) atoms. The molecule has 1 aromatic carbocycles. The van der Waals surface area contributed by atoms with Crippen LogP contribution in [-0.4, -0.2) is 33.0 Å². The van der Waals surface area contributed by atoms with Gasteiger partial charge in [0.15, 0.2) is 0 Å². The van der Waals surface area contributed by atoms with Crippen LogP contribution in [0.1, 0.15) is 15.9 Å². The van der Waals surface area contributed by atoms with Crippen LogP contribution in [0.5, 0.6) is 0 Å². The third-order valence-electron chi connectivity index (χ3n) is 3.73. The number of rotatable bonds is 5. The van der Waals surface area contributed by atoms with Crippen LogP contribution >= 0.6 is 11.6 Å². The average molecular weight is 356 g/mol. The van der Waals surface area contributed by atoms with Gasteiger partial charge < -0.3 is 10.4 Å². The van der Waals surface area contributed by atoms with E-state index in [1.165, 1.54) is 12.4 Å². The fourth-order valence-corrected chi connectivity index (χ4v) is 2.60. The molecule has 1 amide bonds. The molecular formula is C18H14ClN3O3. The van der Waals surface area contributed by atoms with Crippen LogP contribution in [0.15, 0.2) is 54.9 Å². The zero-order valence-corrected chi connectivity index (χ0v) is 13.8. The summed E-state index contributed by atoms with van der Waals surface area (Å²) in [5.74, 6) is -1.59. The number of hydrogen-bond acceptors (Lipinski definition) is 4. The first-order valence-electron chi connectivity index (χ1n) is 7.52. The summed E-state index contributed by atoms with van der Waals surface area (Å²) >= 11 is 5.73. The second-order valence-electron chi connectivity index (χ2n) is 5.43. The maximum absolute atomic E-state index is 12.6. The molecule has 0 saturated heterocycles. The fourth-order valence-electron chi connectivity index (χ4n) is 2.49. The molecule has 0 aliphatic carbocycles. The lowest BCUT2D eigenvalue weighted by Gasteiger charge is -2.15. The lowest BCUT2D eigenvalue weighted by Crippen LogP contribution is -2.42. The number of carbonyl (C=O) groups is 2. The highest BCUT2D eigenvalue weighted by Crippen LogP contribution is 2.16. The van der Waals surface area contributed by atoms with Crippen LogP contribution in [0.2, 0.25) is 5.15 Å². The van der Waals surface area contributed by atoms with Gasteiger partial charge in [-0.15, -0.1) is 0 Å². The van der Waals surface area contributed by atoms with Gasteiger partial charge in [-0.3, -0.25) is 9.78 Å². The lowest BCUT2D eigenvalue weighted by atomic mass is 10.1. The number of para-hydroxylation sites is 1. The van der Waals surface area contributed by atoms with Crippen molar-refractivity contribution >= 4 is 34.4 Å². The van der Waals surface area contributed by atoms with E-state index in [4.69, 9.17) is 11.6 Å². The smallest absolute Gasteiger partial charge is 0.326 e. The topological polar surface area (TPSA) is 92.2 Å². The van der Waals surface area contributed by atoms with Crippen molar-refractivity contribution < 1.29 is 14.7 Å². The van der Waals surface area contributed by atoms with E-state index in [0.717, 1.165) is 0 Å². The lowest BCUT2D eigenvalue weighted by molar-refractivity contribution is -0.139. The summed E-state index contributed by atoms with van der Waals surface area (Å²) in [6, 6.07) is 10.9. The van der Waals surface area contributed by atoms with Crippen LogP contribution in [0, 0.1) is 0 Å². The van der Waals surface area contributed by atoms with E-state index in [-0.39, 0.29) is 6.42 Å². The number of nitrogens with zero attached hydrogens (tertiary/aromatic N) is 2. The number of fused-ring (bicyclic) bond motifs is 1. The number of benzene rings is 1. The van der Waals surface area contributed by atoms with E-state index in [0.29, 0.717) is 27.2 Å². The minimum absolute atomic E-state index is 0.105. The van der Waals surface area contributed by atoms with E-state index in [9.17, 15) is 14.7 Å². The van der Waals surface area contributed by atoms with E-state index in [2.05, 4.69) is 15.3 Å². The predicted octanol–water partition coefficient (Wildman–Crippen LogP) is 2.71. The van der Waals surface area contributed by atoms with Crippen molar-refractivity contribution in [3.63, 3.8) is 0 Å². The molecular weight excluding hydrogens is 342 g/mol. The maximum Gasteiger partial charge on any atom is 0.326 e. The number of carboxylic acid groups (broad SMARTS) is 1. The number of amides is 1. The van der Waals surface area contributed by atoms with Crippen LogP contribution in [0.25, 0.3) is 10.9 Å². The summed E-state index contributed by atoms with van der Waals surface area (Å²) in [7, 11) is 0. The first kappa shape index (κ1) is 16.9. The average Bonchev–Trinajstić information content (AvgIpc) is 2.62. The molecule has 0 radical (unpaired) electrons. The van der Waals surface area contributed by atoms with Crippen molar-refractivity contribution in [2.75, 3.05) is 0 Å². The zero-order valence-electron chi connectivity index (χ0n) is 13.0. The summed E-state index contributed by atoms with van der Waals surface area (Å²) in [4.78, 5) is 32.2. The Morgan fingerprint density at radius 2 is 1.92 bits per heavy atom. The normalized spacial score (nSPS) is 11.9. The number of pyridine rings is 2. The van der Waals surface area contributed by atoms with Crippen LogP contribution < -0.4 is 5.32 Å². The van der Waals surface area contributed by atoms with Crippen LogP contribution in [0.4, 0.5) is 0 Å². The first-order valence-corrected chi connectivity index (χ1v) is 7.90. The van der Waals surface area contributed by atoms with Crippen molar-refractivity contribution in [3.05, 3.63) is 71.1 Å². The van der Waals surface area contributed by atoms with Gasteiger partial charge in [0.1, 0.15) is 11.2 Å². The van der Waals surface area contributed by atoms with E-state index in [1.807, 2.05) is 6.07 Å². The molecule has 0 saturated carbocycles. The first-order chi connectivity index (χ1) is 12.0. The highest BCUT2D eigenvalue weighted by Gasteiger charge is 2.22. The van der Waals surface area contributed by atoms with E-state index >= 15 is 0 Å². The van der Waals surface area contributed by atoms with Gasteiger partial charge in [0.05, 0.1) is 11.1 Å². The number of halogens is 1.